The number of hydrogen-bond donors (Lipinski definition) is 1. The van der Waals surface area contributed by atoms with Gasteiger partial charge < -0.3 is 0 Å². The van der Waals surface area contributed by atoms with E-state index in [1.54, 1.807) is 0 Å². The number of nitrogens with one attached hydrogen (secondary N) is 1. The molecule has 1 amide bonds. The second kappa shape index (κ2) is 8.48. The van der Waals surface area contributed by atoms with Gasteiger partial charge in [0.2, 0.25) is 0 Å². The number of fused-ring (bicyclic) bond motifs is 1. The van der Waals surface area contributed by atoms with E-state index in [-0.39, 0.29) is 5.91 Å². The van der Waals surface area contributed by atoms with E-state index in [1.165, 1.54) is 0 Å². The number of aromatic nitrogens is 1. The van der Waals surface area contributed by atoms with Crippen LogP contribution in [0.3, 0.4) is 0 Å². The molecule has 0 fully saturated rings. The van der Waals surface area contributed by atoms with Gasteiger partial charge in [-0.15, -0.1) is 0 Å². The molecule has 0 aliphatic rings. The van der Waals surface area contributed by atoms with Gasteiger partial charge in [-0.2, -0.15) is 5.10 Å². The SMILES string of the molecule is C/C(Cc1ccccc1)=N/NC(=O)c1cc(-c2ccccc2)nc2ccccc12. The quantitative estimate of drug-likeness (QED) is 0.380. The molecule has 4 nitrogen and oxygen atoms in total. The molecule has 1 heterocycles. The fourth-order valence-electron chi connectivity index (χ4n) is 3.26. The van der Waals surface area contributed by atoms with Crippen molar-refractivity contribution in [3.05, 3.63) is 102 Å². The highest BCUT2D eigenvalue weighted by molar-refractivity contribution is 6.07. The maximum absolute atomic E-state index is 13.0. The molecule has 0 saturated carbocycles. The number of hydrazone groups is 1. The van der Waals surface area contributed by atoms with Crippen LogP contribution in [0.4, 0.5) is 0 Å². The van der Waals surface area contributed by atoms with E-state index in [2.05, 4.69) is 10.5 Å². The van der Waals surface area contributed by atoms with Gasteiger partial charge in [-0.1, -0.05) is 78.9 Å². The van der Waals surface area contributed by atoms with E-state index < -0.39 is 0 Å². The van der Waals surface area contributed by atoms with E-state index in [0.717, 1.165) is 33.4 Å². The number of para-hydroxylation sites is 1. The van der Waals surface area contributed by atoms with Gasteiger partial charge in [0, 0.05) is 23.1 Å². The van der Waals surface area contributed by atoms with Crippen LogP contribution in [0.15, 0.2) is 96.1 Å². The second-order valence-corrected chi connectivity index (χ2v) is 6.89. The van der Waals surface area contributed by atoms with E-state index in [9.17, 15) is 4.79 Å². The lowest BCUT2D eigenvalue weighted by atomic mass is 10.0. The summed E-state index contributed by atoms with van der Waals surface area (Å²) in [6.45, 7) is 1.91. The molecular formula is C25H21N3O. The highest BCUT2D eigenvalue weighted by Crippen LogP contribution is 2.24. The third kappa shape index (κ3) is 4.38. The van der Waals surface area contributed by atoms with Gasteiger partial charge in [-0.25, -0.2) is 10.4 Å². The summed E-state index contributed by atoms with van der Waals surface area (Å²) in [6.07, 6.45) is 0.688. The number of pyridine rings is 1. The van der Waals surface area contributed by atoms with Crippen molar-refractivity contribution in [2.75, 3.05) is 0 Å². The number of hydrogen-bond acceptors (Lipinski definition) is 3. The van der Waals surface area contributed by atoms with E-state index >= 15 is 0 Å². The van der Waals surface area contributed by atoms with Crippen LogP contribution in [0, 0.1) is 0 Å². The molecule has 1 aromatic heterocycles. The molecule has 29 heavy (non-hydrogen) atoms. The van der Waals surface area contributed by atoms with Gasteiger partial charge in [0.15, 0.2) is 0 Å². The van der Waals surface area contributed by atoms with Gasteiger partial charge >= 0.3 is 0 Å². The Morgan fingerprint density at radius 1 is 0.897 bits per heavy atom. The molecule has 0 bridgehead atoms. The van der Waals surface area contributed by atoms with Crippen LogP contribution in [0.2, 0.25) is 0 Å². The lowest BCUT2D eigenvalue weighted by molar-refractivity contribution is 0.0956. The normalized spacial score (nSPS) is 11.4. The van der Waals surface area contributed by atoms with Crippen LogP contribution in [0.1, 0.15) is 22.8 Å². The van der Waals surface area contributed by atoms with Crippen molar-refractivity contribution < 1.29 is 4.79 Å². The van der Waals surface area contributed by atoms with Crippen molar-refractivity contribution in [2.24, 2.45) is 5.10 Å². The average molecular weight is 379 g/mol. The number of carbonyl (C=O) groups is 1. The largest absolute Gasteiger partial charge is 0.272 e. The molecule has 0 unspecified atom stereocenters. The Labute approximate surface area is 169 Å². The molecule has 0 aliphatic heterocycles. The summed E-state index contributed by atoms with van der Waals surface area (Å²) in [4.78, 5) is 17.7. The van der Waals surface area contributed by atoms with E-state index in [1.807, 2.05) is 97.9 Å². The first-order valence-electron chi connectivity index (χ1n) is 9.53. The third-order valence-electron chi connectivity index (χ3n) is 4.68. The minimum absolute atomic E-state index is 0.242. The maximum atomic E-state index is 13.0. The van der Waals surface area contributed by atoms with Crippen LogP contribution in [0.25, 0.3) is 22.2 Å². The lowest BCUT2D eigenvalue weighted by Gasteiger charge is -2.09. The van der Waals surface area contributed by atoms with Gasteiger partial charge in [-0.3, -0.25) is 4.79 Å². The number of amides is 1. The van der Waals surface area contributed by atoms with Crippen molar-refractivity contribution in [1.29, 1.82) is 0 Å². The van der Waals surface area contributed by atoms with Crippen LogP contribution in [-0.2, 0) is 6.42 Å². The summed E-state index contributed by atoms with van der Waals surface area (Å²) in [7, 11) is 0. The summed E-state index contributed by atoms with van der Waals surface area (Å²) in [5.41, 5.74) is 7.78. The Balaban J connectivity index is 1.63. The molecule has 4 rings (SSSR count). The van der Waals surface area contributed by atoms with Crippen molar-refractivity contribution in [2.45, 2.75) is 13.3 Å². The maximum Gasteiger partial charge on any atom is 0.272 e. The topological polar surface area (TPSA) is 54.4 Å². The predicted molar refractivity (Wildman–Crippen MR) is 118 cm³/mol. The first kappa shape index (κ1) is 18.6. The summed E-state index contributed by atoms with van der Waals surface area (Å²) < 4.78 is 0. The van der Waals surface area contributed by atoms with Crippen LogP contribution in [-0.4, -0.2) is 16.6 Å². The minimum atomic E-state index is -0.242. The molecule has 4 aromatic rings. The molecule has 3 aromatic carbocycles. The Bertz CT molecular complexity index is 1170. The Kier molecular flexibility index (Phi) is 5.43. The Hall–Kier alpha value is -3.79. The van der Waals surface area contributed by atoms with Gasteiger partial charge in [-0.05, 0) is 24.6 Å². The van der Waals surface area contributed by atoms with Crippen LogP contribution < -0.4 is 5.43 Å². The zero-order valence-corrected chi connectivity index (χ0v) is 16.2. The monoisotopic (exact) mass is 379 g/mol. The fourth-order valence-corrected chi connectivity index (χ4v) is 3.26. The standard InChI is InChI=1S/C25H21N3O/c1-18(16-19-10-4-2-5-11-19)27-28-25(29)22-17-24(20-12-6-3-7-13-20)26-23-15-9-8-14-21(22)23/h2-15,17H,16H2,1H3,(H,28,29)/b27-18-. The summed E-state index contributed by atoms with van der Waals surface area (Å²) in [6, 6.07) is 29.4. The second-order valence-electron chi connectivity index (χ2n) is 6.89. The third-order valence-corrected chi connectivity index (χ3v) is 4.68. The first-order chi connectivity index (χ1) is 14.2. The van der Waals surface area contributed by atoms with Gasteiger partial charge in [0.25, 0.3) is 5.91 Å². The van der Waals surface area contributed by atoms with Crippen molar-refractivity contribution in [3.63, 3.8) is 0 Å². The average Bonchev–Trinajstić information content (AvgIpc) is 2.78. The summed E-state index contributed by atoms with van der Waals surface area (Å²) in [5, 5.41) is 5.11. The number of carbonyl (C=O) groups excluding carboxylic acids is 1. The zero-order chi connectivity index (χ0) is 20.1. The van der Waals surface area contributed by atoms with E-state index in [0.29, 0.717) is 12.0 Å². The first-order valence-corrected chi connectivity index (χ1v) is 9.53. The van der Waals surface area contributed by atoms with Gasteiger partial charge in [0.05, 0.1) is 16.8 Å². The number of nitrogens with zero attached hydrogens (tertiary/aromatic N) is 2. The fraction of sp³-hybridized carbons (Fsp3) is 0.0800. The summed E-state index contributed by atoms with van der Waals surface area (Å²) >= 11 is 0. The Morgan fingerprint density at radius 2 is 1.55 bits per heavy atom. The molecule has 0 saturated heterocycles. The van der Waals surface area contributed by atoms with Crippen LogP contribution >= 0.6 is 0 Å². The predicted octanol–water partition coefficient (Wildman–Crippen LogP) is 5.25. The molecule has 0 aliphatic carbocycles. The lowest BCUT2D eigenvalue weighted by Crippen LogP contribution is -2.20. The highest BCUT2D eigenvalue weighted by atomic mass is 16.2. The molecule has 1 N–H and O–H groups in total. The molecular weight excluding hydrogens is 358 g/mol. The molecule has 0 atom stereocenters. The number of rotatable bonds is 5. The number of benzene rings is 3. The molecule has 0 radical (unpaired) electrons. The molecule has 142 valence electrons. The minimum Gasteiger partial charge on any atom is -0.267 e. The summed E-state index contributed by atoms with van der Waals surface area (Å²) in [5.74, 6) is -0.242. The van der Waals surface area contributed by atoms with Crippen molar-refractivity contribution in [1.82, 2.24) is 10.4 Å². The molecule has 4 heteroatoms. The zero-order valence-electron chi connectivity index (χ0n) is 16.2. The van der Waals surface area contributed by atoms with Crippen molar-refractivity contribution >= 4 is 22.5 Å². The Morgan fingerprint density at radius 3 is 2.31 bits per heavy atom. The van der Waals surface area contributed by atoms with Gasteiger partial charge in [0.1, 0.15) is 0 Å². The smallest absolute Gasteiger partial charge is 0.267 e. The van der Waals surface area contributed by atoms with Crippen LogP contribution in [0.5, 0.6) is 0 Å². The highest BCUT2D eigenvalue weighted by Gasteiger charge is 2.13. The van der Waals surface area contributed by atoms with Crippen molar-refractivity contribution in [3.8, 4) is 11.3 Å². The van der Waals surface area contributed by atoms with E-state index in [4.69, 9.17) is 4.98 Å². The molecule has 0 spiro atoms.